The van der Waals surface area contributed by atoms with Crippen LogP contribution in [-0.2, 0) is 9.53 Å². The molecule has 0 amide bonds. The molecule has 24 heavy (non-hydrogen) atoms. The first-order valence-electron chi connectivity index (χ1n) is 9.51. The Morgan fingerprint density at radius 3 is 2.42 bits per heavy atom. The van der Waals surface area contributed by atoms with E-state index in [1.807, 2.05) is 11.8 Å². The van der Waals surface area contributed by atoms with Crippen molar-refractivity contribution in [3.63, 3.8) is 0 Å². The summed E-state index contributed by atoms with van der Waals surface area (Å²) in [6.07, 6.45) is 12.3. The number of ether oxygens (including phenoxy) is 1. The highest BCUT2D eigenvalue weighted by Gasteiger charge is 1.99. The maximum absolute atomic E-state index is 10.9. The van der Waals surface area contributed by atoms with Crippen LogP contribution in [0.5, 0.6) is 0 Å². The van der Waals surface area contributed by atoms with E-state index in [1.165, 1.54) is 38.5 Å². The van der Waals surface area contributed by atoms with Crippen LogP contribution in [0, 0.1) is 11.8 Å². The zero-order valence-corrected chi connectivity index (χ0v) is 16.5. The van der Waals surface area contributed by atoms with Crippen molar-refractivity contribution < 1.29 is 14.6 Å². The molecule has 3 nitrogen and oxygen atoms in total. The zero-order valence-electron chi connectivity index (χ0n) is 15.6. The molecule has 0 bridgehead atoms. The molecular weight excluding hydrogens is 320 g/mol. The Labute approximate surface area is 153 Å². The number of aliphatic hydroxyl groups excluding tert-OH is 1. The molecule has 0 aliphatic heterocycles. The van der Waals surface area contributed by atoms with Gasteiger partial charge in [0.1, 0.15) is 6.10 Å². The van der Waals surface area contributed by atoms with Gasteiger partial charge in [0, 0.05) is 12.8 Å². The van der Waals surface area contributed by atoms with Crippen LogP contribution in [0.4, 0.5) is 0 Å². The summed E-state index contributed by atoms with van der Waals surface area (Å²) >= 11 is 1.99. The Morgan fingerprint density at radius 2 is 1.71 bits per heavy atom. The summed E-state index contributed by atoms with van der Waals surface area (Å²) in [5.41, 5.74) is 0. The van der Waals surface area contributed by atoms with Crippen molar-refractivity contribution in [2.75, 3.05) is 18.6 Å². The molecular formula is C20H36O3S. The lowest BCUT2D eigenvalue weighted by atomic mass is 10.1. The third-order valence-corrected chi connectivity index (χ3v) is 4.99. The SMILES string of the molecule is CCCC[C@@H](O)C#CCCCCCCCSCCCCC(=O)OC. The van der Waals surface area contributed by atoms with Crippen LogP contribution in [0.3, 0.4) is 0 Å². The van der Waals surface area contributed by atoms with E-state index in [2.05, 4.69) is 23.5 Å². The fourth-order valence-corrected chi connectivity index (χ4v) is 3.31. The molecule has 0 fully saturated rings. The maximum Gasteiger partial charge on any atom is 0.305 e. The number of aliphatic hydroxyl groups is 1. The van der Waals surface area contributed by atoms with E-state index in [0.717, 1.165) is 50.7 Å². The second-order valence-electron chi connectivity index (χ2n) is 6.14. The molecule has 140 valence electrons. The number of hydrogen-bond acceptors (Lipinski definition) is 4. The maximum atomic E-state index is 10.9. The van der Waals surface area contributed by atoms with Crippen molar-refractivity contribution in [3.05, 3.63) is 0 Å². The monoisotopic (exact) mass is 356 g/mol. The first-order chi connectivity index (χ1) is 11.7. The molecule has 0 saturated heterocycles. The lowest BCUT2D eigenvalue weighted by Crippen LogP contribution is -2.01. The predicted octanol–water partition coefficient (Wildman–Crippen LogP) is 4.96. The van der Waals surface area contributed by atoms with Gasteiger partial charge in [-0.25, -0.2) is 0 Å². The van der Waals surface area contributed by atoms with Gasteiger partial charge in [-0.3, -0.25) is 4.79 Å². The minimum absolute atomic E-state index is 0.0971. The zero-order chi connectivity index (χ0) is 17.9. The van der Waals surface area contributed by atoms with Crippen LogP contribution in [-0.4, -0.2) is 35.8 Å². The summed E-state index contributed by atoms with van der Waals surface area (Å²) < 4.78 is 4.62. The van der Waals surface area contributed by atoms with E-state index in [9.17, 15) is 9.90 Å². The number of carbonyl (C=O) groups is 1. The van der Waals surface area contributed by atoms with Gasteiger partial charge >= 0.3 is 5.97 Å². The van der Waals surface area contributed by atoms with E-state index in [4.69, 9.17) is 0 Å². The van der Waals surface area contributed by atoms with E-state index in [1.54, 1.807) is 0 Å². The molecule has 0 spiro atoms. The number of methoxy groups -OCH3 is 1. The first-order valence-corrected chi connectivity index (χ1v) is 10.7. The van der Waals surface area contributed by atoms with Gasteiger partial charge in [-0.1, -0.05) is 44.9 Å². The Bertz CT molecular complexity index is 347. The summed E-state index contributed by atoms with van der Waals surface area (Å²) in [7, 11) is 1.45. The average molecular weight is 357 g/mol. The van der Waals surface area contributed by atoms with Crippen molar-refractivity contribution in [1.29, 1.82) is 0 Å². The van der Waals surface area contributed by atoms with Crippen LogP contribution in [0.2, 0.25) is 0 Å². The van der Waals surface area contributed by atoms with Crippen LogP contribution in [0.25, 0.3) is 0 Å². The molecule has 0 saturated carbocycles. The summed E-state index contributed by atoms with van der Waals surface area (Å²) in [6.45, 7) is 2.13. The third kappa shape index (κ3) is 17.7. The molecule has 0 rings (SSSR count). The van der Waals surface area contributed by atoms with E-state index >= 15 is 0 Å². The van der Waals surface area contributed by atoms with Crippen LogP contribution >= 0.6 is 11.8 Å². The van der Waals surface area contributed by atoms with Gasteiger partial charge in [0.15, 0.2) is 0 Å². The van der Waals surface area contributed by atoms with Crippen molar-refractivity contribution >= 4 is 17.7 Å². The molecule has 0 heterocycles. The highest BCUT2D eigenvalue weighted by atomic mass is 32.2. The van der Waals surface area contributed by atoms with Gasteiger partial charge in [0.2, 0.25) is 0 Å². The number of hydrogen-bond donors (Lipinski definition) is 1. The van der Waals surface area contributed by atoms with Gasteiger partial charge in [0.05, 0.1) is 7.11 Å². The van der Waals surface area contributed by atoms with Crippen LogP contribution in [0.1, 0.15) is 84.0 Å². The summed E-state index contributed by atoms with van der Waals surface area (Å²) in [4.78, 5) is 10.9. The minimum atomic E-state index is -0.422. The quantitative estimate of drug-likeness (QED) is 0.256. The molecule has 0 radical (unpaired) electrons. The smallest absolute Gasteiger partial charge is 0.305 e. The summed E-state index contributed by atoms with van der Waals surface area (Å²) in [5.74, 6) is 8.31. The Morgan fingerprint density at radius 1 is 1.04 bits per heavy atom. The lowest BCUT2D eigenvalue weighted by Gasteiger charge is -2.02. The van der Waals surface area contributed by atoms with Crippen molar-refractivity contribution in [2.24, 2.45) is 0 Å². The minimum Gasteiger partial charge on any atom is -0.469 e. The van der Waals surface area contributed by atoms with E-state index in [-0.39, 0.29) is 5.97 Å². The Balaban J connectivity index is 3.20. The van der Waals surface area contributed by atoms with Gasteiger partial charge in [-0.05, 0) is 43.6 Å². The molecule has 0 aliphatic rings. The molecule has 0 unspecified atom stereocenters. The van der Waals surface area contributed by atoms with Crippen molar-refractivity contribution in [3.8, 4) is 11.8 Å². The topological polar surface area (TPSA) is 46.5 Å². The van der Waals surface area contributed by atoms with Crippen LogP contribution < -0.4 is 0 Å². The predicted molar refractivity (Wildman–Crippen MR) is 104 cm³/mol. The fraction of sp³-hybridized carbons (Fsp3) is 0.850. The number of carbonyl (C=O) groups excluding carboxylic acids is 1. The van der Waals surface area contributed by atoms with Gasteiger partial charge < -0.3 is 9.84 Å². The number of unbranched alkanes of at least 4 members (excludes halogenated alkanes) is 7. The molecule has 0 aliphatic carbocycles. The number of rotatable bonds is 15. The molecule has 0 aromatic heterocycles. The highest BCUT2D eigenvalue weighted by Crippen LogP contribution is 2.12. The Hall–Kier alpha value is -0.660. The normalized spacial score (nSPS) is 11.6. The third-order valence-electron chi connectivity index (χ3n) is 3.84. The van der Waals surface area contributed by atoms with Gasteiger partial charge in [0.25, 0.3) is 0 Å². The van der Waals surface area contributed by atoms with Crippen molar-refractivity contribution in [2.45, 2.75) is 90.1 Å². The largest absolute Gasteiger partial charge is 0.469 e. The molecule has 1 N–H and O–H groups in total. The fourth-order valence-electron chi connectivity index (χ4n) is 2.29. The molecule has 0 aromatic carbocycles. The van der Waals surface area contributed by atoms with E-state index < -0.39 is 6.10 Å². The standard InChI is InChI=1S/C20H36O3S/c1-3-4-14-19(21)15-10-8-6-5-7-9-12-17-24-18-13-11-16-20(22)23-2/h19,21H,3-9,11-14,16-18H2,1-2H3/t19-/m1/s1. The van der Waals surface area contributed by atoms with E-state index in [0.29, 0.717) is 6.42 Å². The molecule has 0 aromatic rings. The first kappa shape index (κ1) is 23.3. The van der Waals surface area contributed by atoms with Gasteiger partial charge in [-0.15, -0.1) is 5.92 Å². The summed E-state index contributed by atoms with van der Waals surface area (Å²) in [6, 6.07) is 0. The number of thioether (sulfide) groups is 1. The van der Waals surface area contributed by atoms with Gasteiger partial charge in [-0.2, -0.15) is 11.8 Å². The van der Waals surface area contributed by atoms with Crippen molar-refractivity contribution in [1.82, 2.24) is 0 Å². The highest BCUT2D eigenvalue weighted by molar-refractivity contribution is 7.99. The summed E-state index contributed by atoms with van der Waals surface area (Å²) in [5, 5.41) is 9.60. The number of esters is 1. The van der Waals surface area contributed by atoms with Crippen LogP contribution in [0.15, 0.2) is 0 Å². The second kappa shape index (κ2) is 18.7. The Kier molecular flexibility index (Phi) is 18.2. The second-order valence-corrected chi connectivity index (χ2v) is 7.37. The molecule has 1 atom stereocenters. The lowest BCUT2D eigenvalue weighted by molar-refractivity contribution is -0.140. The average Bonchev–Trinajstić information content (AvgIpc) is 2.59. The molecule has 4 heteroatoms.